The zero-order chi connectivity index (χ0) is 10.8. The molecule has 2 fully saturated rings. The van der Waals surface area contributed by atoms with Crippen LogP contribution in [0.3, 0.4) is 0 Å². The predicted molar refractivity (Wildman–Crippen MR) is 53.5 cm³/mol. The van der Waals surface area contributed by atoms with E-state index in [9.17, 15) is 9.59 Å². The van der Waals surface area contributed by atoms with E-state index >= 15 is 0 Å². The van der Waals surface area contributed by atoms with Gasteiger partial charge in [0.25, 0.3) is 0 Å². The van der Waals surface area contributed by atoms with Crippen LogP contribution in [0.5, 0.6) is 0 Å². The molecule has 2 aliphatic rings. The summed E-state index contributed by atoms with van der Waals surface area (Å²) in [6.45, 7) is 1.18. The third-order valence-electron chi connectivity index (χ3n) is 3.14. The first-order chi connectivity index (χ1) is 7.15. The second-order valence-electron chi connectivity index (χ2n) is 4.45. The molecule has 84 valence electrons. The third-order valence-corrected chi connectivity index (χ3v) is 3.14. The van der Waals surface area contributed by atoms with Gasteiger partial charge in [0.2, 0.25) is 0 Å². The van der Waals surface area contributed by atoms with Gasteiger partial charge < -0.3 is 15.3 Å². The molecule has 0 atom stereocenters. The van der Waals surface area contributed by atoms with Crippen molar-refractivity contribution in [3.63, 3.8) is 0 Å². The van der Waals surface area contributed by atoms with Gasteiger partial charge in [0.05, 0.1) is 6.42 Å². The van der Waals surface area contributed by atoms with Crippen LogP contribution in [0.2, 0.25) is 0 Å². The van der Waals surface area contributed by atoms with Gasteiger partial charge in [-0.1, -0.05) is 0 Å². The Labute approximate surface area is 88.4 Å². The third kappa shape index (κ3) is 2.40. The molecule has 0 aromatic carbocycles. The van der Waals surface area contributed by atoms with Crippen LogP contribution < -0.4 is 5.32 Å². The first-order valence-corrected chi connectivity index (χ1v) is 5.42. The number of carbonyl (C=O) groups excluding carboxylic acids is 1. The van der Waals surface area contributed by atoms with Gasteiger partial charge in [-0.25, -0.2) is 4.79 Å². The first-order valence-electron chi connectivity index (χ1n) is 5.42. The van der Waals surface area contributed by atoms with E-state index in [1.165, 1.54) is 6.42 Å². The zero-order valence-corrected chi connectivity index (χ0v) is 8.61. The highest BCUT2D eigenvalue weighted by molar-refractivity contribution is 5.76. The van der Waals surface area contributed by atoms with Gasteiger partial charge >= 0.3 is 12.0 Å². The average Bonchev–Trinajstić information content (AvgIpc) is 2.02. The predicted octanol–water partition coefficient (Wildman–Crippen LogP) is 0.655. The van der Waals surface area contributed by atoms with Crippen LogP contribution in [0.25, 0.3) is 0 Å². The summed E-state index contributed by atoms with van der Waals surface area (Å²) in [7, 11) is 0. The Morgan fingerprint density at radius 2 is 2.00 bits per heavy atom. The lowest BCUT2D eigenvalue weighted by molar-refractivity contribution is -0.139. The minimum atomic E-state index is -0.779. The van der Waals surface area contributed by atoms with E-state index in [1.54, 1.807) is 4.90 Å². The van der Waals surface area contributed by atoms with Crippen LogP contribution in [0.4, 0.5) is 4.79 Å². The van der Waals surface area contributed by atoms with E-state index < -0.39 is 5.97 Å². The molecule has 0 aromatic heterocycles. The number of rotatable bonds is 3. The van der Waals surface area contributed by atoms with Crippen LogP contribution >= 0.6 is 0 Å². The van der Waals surface area contributed by atoms with Crippen molar-refractivity contribution >= 4 is 12.0 Å². The molecule has 15 heavy (non-hydrogen) atoms. The fourth-order valence-corrected chi connectivity index (χ4v) is 1.93. The minimum Gasteiger partial charge on any atom is -0.481 e. The molecule has 2 rings (SSSR count). The van der Waals surface area contributed by atoms with Gasteiger partial charge in [-0.3, -0.25) is 4.79 Å². The van der Waals surface area contributed by atoms with E-state index in [1.807, 2.05) is 0 Å². The second-order valence-corrected chi connectivity index (χ2v) is 4.45. The maximum absolute atomic E-state index is 11.5. The van der Waals surface area contributed by atoms with Gasteiger partial charge in [-0.15, -0.1) is 0 Å². The number of hydrogen-bond donors (Lipinski definition) is 2. The number of likely N-dealkylation sites (tertiary alicyclic amines) is 1. The number of carbonyl (C=O) groups is 2. The number of nitrogens with zero attached hydrogens (tertiary/aromatic N) is 1. The number of nitrogens with one attached hydrogen (secondary N) is 1. The van der Waals surface area contributed by atoms with E-state index in [0.717, 1.165) is 12.8 Å². The number of urea groups is 1. The molecule has 0 bridgehead atoms. The molecule has 2 N–H and O–H groups in total. The van der Waals surface area contributed by atoms with Gasteiger partial charge in [0.1, 0.15) is 0 Å². The summed E-state index contributed by atoms with van der Waals surface area (Å²) in [6, 6.07) is 0.331. The molecular weight excluding hydrogens is 196 g/mol. The molecule has 1 aliphatic heterocycles. The maximum atomic E-state index is 11.5. The van der Waals surface area contributed by atoms with E-state index in [0.29, 0.717) is 19.1 Å². The summed E-state index contributed by atoms with van der Waals surface area (Å²) in [4.78, 5) is 23.6. The maximum Gasteiger partial charge on any atom is 0.317 e. The molecule has 1 saturated carbocycles. The highest BCUT2D eigenvalue weighted by atomic mass is 16.4. The summed E-state index contributed by atoms with van der Waals surface area (Å²) in [5.74, 6) is -0.631. The van der Waals surface area contributed by atoms with E-state index in [2.05, 4.69) is 5.32 Å². The Morgan fingerprint density at radius 1 is 1.33 bits per heavy atom. The lowest BCUT2D eigenvalue weighted by Gasteiger charge is -2.40. The Morgan fingerprint density at radius 3 is 2.47 bits per heavy atom. The van der Waals surface area contributed by atoms with Crippen LogP contribution in [0.1, 0.15) is 25.7 Å². The Hall–Kier alpha value is -1.26. The van der Waals surface area contributed by atoms with Gasteiger partial charge in [-0.2, -0.15) is 0 Å². The highest BCUT2D eigenvalue weighted by Crippen LogP contribution is 2.22. The lowest BCUT2D eigenvalue weighted by Crippen LogP contribution is -2.56. The second kappa shape index (κ2) is 4.08. The fraction of sp³-hybridized carbons (Fsp3) is 0.800. The molecule has 5 heteroatoms. The molecular formula is C10H16N2O3. The normalized spacial score (nSPS) is 21.7. The molecule has 2 amide bonds. The molecule has 5 nitrogen and oxygen atoms in total. The van der Waals surface area contributed by atoms with Crippen LogP contribution in [-0.2, 0) is 4.79 Å². The first kappa shape index (κ1) is 10.3. The fourth-order valence-electron chi connectivity index (χ4n) is 1.93. The quantitative estimate of drug-likeness (QED) is 0.721. The van der Waals surface area contributed by atoms with Crippen LogP contribution in [0.15, 0.2) is 0 Å². The SMILES string of the molecule is O=C(O)CC1CN(C(=O)NC2CCC2)C1. The smallest absolute Gasteiger partial charge is 0.317 e. The number of aliphatic carboxylic acids is 1. The Bertz CT molecular complexity index is 270. The molecule has 1 saturated heterocycles. The van der Waals surface area contributed by atoms with E-state index in [4.69, 9.17) is 5.11 Å². The largest absolute Gasteiger partial charge is 0.481 e. The monoisotopic (exact) mass is 212 g/mol. The number of hydrogen-bond acceptors (Lipinski definition) is 2. The van der Waals surface area contributed by atoms with Crippen LogP contribution in [0, 0.1) is 5.92 Å². The number of carboxylic acid groups (broad SMARTS) is 1. The summed E-state index contributed by atoms with van der Waals surface area (Å²) >= 11 is 0. The van der Waals surface area contributed by atoms with Crippen molar-refractivity contribution in [3.8, 4) is 0 Å². The summed E-state index contributed by atoms with van der Waals surface area (Å²) in [5.41, 5.74) is 0. The highest BCUT2D eigenvalue weighted by Gasteiger charge is 2.33. The number of carboxylic acids is 1. The van der Waals surface area contributed by atoms with Crippen molar-refractivity contribution in [1.29, 1.82) is 0 Å². The lowest BCUT2D eigenvalue weighted by atomic mass is 9.93. The molecule has 1 aliphatic carbocycles. The van der Waals surface area contributed by atoms with Gasteiger partial charge in [-0.05, 0) is 19.3 Å². The van der Waals surface area contributed by atoms with Crippen LogP contribution in [-0.4, -0.2) is 41.1 Å². The van der Waals surface area contributed by atoms with Gasteiger partial charge in [0, 0.05) is 25.0 Å². The van der Waals surface area contributed by atoms with Crippen molar-refractivity contribution in [3.05, 3.63) is 0 Å². The topological polar surface area (TPSA) is 69.6 Å². The summed E-state index contributed by atoms with van der Waals surface area (Å²) in [6.07, 6.45) is 3.54. The molecule has 0 aromatic rings. The molecule has 1 heterocycles. The van der Waals surface area contributed by atoms with Crippen molar-refractivity contribution in [1.82, 2.24) is 10.2 Å². The minimum absolute atomic E-state index is 0.0265. The van der Waals surface area contributed by atoms with Crippen molar-refractivity contribution in [2.24, 2.45) is 5.92 Å². The average molecular weight is 212 g/mol. The molecule has 0 spiro atoms. The summed E-state index contributed by atoms with van der Waals surface area (Å²) in [5, 5.41) is 11.5. The zero-order valence-electron chi connectivity index (χ0n) is 8.61. The molecule has 0 radical (unpaired) electrons. The van der Waals surface area contributed by atoms with E-state index in [-0.39, 0.29) is 18.4 Å². The number of amides is 2. The standard InChI is InChI=1S/C10H16N2O3/c13-9(14)4-7-5-12(6-7)10(15)11-8-2-1-3-8/h7-8H,1-6H2,(H,11,15)(H,13,14). The van der Waals surface area contributed by atoms with Crippen molar-refractivity contribution < 1.29 is 14.7 Å². The van der Waals surface area contributed by atoms with Gasteiger partial charge in [0.15, 0.2) is 0 Å². The Kier molecular flexibility index (Phi) is 2.79. The molecule has 0 unspecified atom stereocenters. The Balaban J connectivity index is 1.65. The summed E-state index contributed by atoms with van der Waals surface area (Å²) < 4.78 is 0. The van der Waals surface area contributed by atoms with Crippen molar-refractivity contribution in [2.45, 2.75) is 31.7 Å². The van der Waals surface area contributed by atoms with Crippen molar-refractivity contribution in [2.75, 3.05) is 13.1 Å².